The third-order valence-corrected chi connectivity index (χ3v) is 3.51. The number of hydrogen-bond acceptors (Lipinski definition) is 3. The minimum absolute atomic E-state index is 0.176. The number of aromatic hydroxyl groups is 1. The number of nitriles is 1. The number of phenolic OH excluding ortho intramolecular Hbond substituents is 1. The Balaban J connectivity index is 2.17. The van der Waals surface area contributed by atoms with Gasteiger partial charge in [0.15, 0.2) is 5.82 Å². The highest BCUT2D eigenvalue weighted by Crippen LogP contribution is 2.24. The first-order valence-electron chi connectivity index (χ1n) is 7.09. The van der Waals surface area contributed by atoms with Crippen molar-refractivity contribution >= 4 is 22.7 Å². The summed E-state index contributed by atoms with van der Waals surface area (Å²) >= 11 is 0. The first-order valence-corrected chi connectivity index (χ1v) is 7.09. The molecule has 0 aliphatic heterocycles. The van der Waals surface area contributed by atoms with Crippen LogP contribution in [0.15, 0.2) is 48.5 Å². The Labute approximate surface area is 128 Å². The van der Waals surface area contributed by atoms with E-state index in [1.54, 1.807) is 24.3 Å². The molecular formula is C18H15N3O. The van der Waals surface area contributed by atoms with E-state index in [4.69, 9.17) is 0 Å². The van der Waals surface area contributed by atoms with Crippen molar-refractivity contribution in [2.45, 2.75) is 13.5 Å². The van der Waals surface area contributed by atoms with Crippen LogP contribution in [0.25, 0.3) is 22.7 Å². The van der Waals surface area contributed by atoms with E-state index in [9.17, 15) is 10.4 Å². The summed E-state index contributed by atoms with van der Waals surface area (Å²) in [6.07, 6.45) is 1.74. The molecule has 0 spiro atoms. The molecule has 22 heavy (non-hydrogen) atoms. The molecule has 1 N–H and O–H groups in total. The van der Waals surface area contributed by atoms with Crippen molar-refractivity contribution in [3.05, 3.63) is 59.9 Å². The molecule has 108 valence electrons. The van der Waals surface area contributed by atoms with Crippen molar-refractivity contribution in [2.24, 2.45) is 0 Å². The first kappa shape index (κ1) is 13.9. The number of allylic oxidation sites excluding steroid dienone is 1. The van der Waals surface area contributed by atoms with Gasteiger partial charge in [-0.15, -0.1) is 0 Å². The Morgan fingerprint density at radius 1 is 1.27 bits per heavy atom. The Hall–Kier alpha value is -3.06. The highest BCUT2D eigenvalue weighted by molar-refractivity contribution is 5.91. The second kappa shape index (κ2) is 5.74. The normalized spacial score (nSPS) is 11.5. The summed E-state index contributed by atoms with van der Waals surface area (Å²) in [5.74, 6) is 0.824. The zero-order chi connectivity index (χ0) is 15.5. The molecule has 0 saturated heterocycles. The van der Waals surface area contributed by atoms with Crippen LogP contribution in [0.1, 0.15) is 18.3 Å². The minimum atomic E-state index is 0.176. The summed E-state index contributed by atoms with van der Waals surface area (Å²) < 4.78 is 2.02. The Morgan fingerprint density at radius 2 is 2.09 bits per heavy atom. The lowest BCUT2D eigenvalue weighted by Gasteiger charge is -2.05. The molecular weight excluding hydrogens is 274 g/mol. The number of aromatic nitrogens is 2. The van der Waals surface area contributed by atoms with E-state index in [1.165, 1.54) is 0 Å². The molecule has 4 heteroatoms. The molecule has 0 radical (unpaired) electrons. The van der Waals surface area contributed by atoms with Gasteiger partial charge in [0, 0.05) is 6.54 Å². The minimum Gasteiger partial charge on any atom is -0.508 e. The van der Waals surface area contributed by atoms with Gasteiger partial charge in [-0.25, -0.2) is 4.98 Å². The summed E-state index contributed by atoms with van der Waals surface area (Å²) in [5, 5.41) is 19.1. The second-order valence-electron chi connectivity index (χ2n) is 4.93. The number of hydrogen-bond donors (Lipinski definition) is 1. The van der Waals surface area contributed by atoms with Gasteiger partial charge in [-0.1, -0.05) is 24.3 Å². The summed E-state index contributed by atoms with van der Waals surface area (Å²) in [4.78, 5) is 4.58. The van der Waals surface area contributed by atoms with Crippen LogP contribution in [0.3, 0.4) is 0 Å². The fourth-order valence-corrected chi connectivity index (χ4v) is 2.53. The van der Waals surface area contributed by atoms with E-state index in [0.717, 1.165) is 23.1 Å². The lowest BCUT2D eigenvalue weighted by Crippen LogP contribution is -2.00. The van der Waals surface area contributed by atoms with Gasteiger partial charge in [-0.2, -0.15) is 5.26 Å². The molecule has 0 aliphatic carbocycles. The number of nitrogens with zero attached hydrogens (tertiary/aromatic N) is 3. The van der Waals surface area contributed by atoms with Gasteiger partial charge in [0.2, 0.25) is 0 Å². The number of benzene rings is 2. The van der Waals surface area contributed by atoms with Gasteiger partial charge in [0.25, 0.3) is 0 Å². The fraction of sp³-hybridized carbons (Fsp3) is 0.111. The standard InChI is InChI=1S/C18H15N3O/c1-2-21-17-9-4-3-8-16(17)20-18(21)14(12-19)10-13-6-5-7-15(22)11-13/h3-11,22H,2H2,1H3/b14-10+. The topological polar surface area (TPSA) is 61.8 Å². The van der Waals surface area contributed by atoms with Gasteiger partial charge < -0.3 is 9.67 Å². The third kappa shape index (κ3) is 2.45. The van der Waals surface area contributed by atoms with Crippen molar-refractivity contribution in [1.82, 2.24) is 9.55 Å². The number of para-hydroxylation sites is 2. The lowest BCUT2D eigenvalue weighted by atomic mass is 10.1. The molecule has 0 aliphatic rings. The quantitative estimate of drug-likeness (QED) is 0.745. The van der Waals surface area contributed by atoms with Crippen LogP contribution in [-0.2, 0) is 6.54 Å². The van der Waals surface area contributed by atoms with Crippen LogP contribution in [0.2, 0.25) is 0 Å². The average Bonchev–Trinajstić information content (AvgIpc) is 2.91. The zero-order valence-electron chi connectivity index (χ0n) is 12.2. The third-order valence-electron chi connectivity index (χ3n) is 3.51. The van der Waals surface area contributed by atoms with Crippen LogP contribution in [0.5, 0.6) is 5.75 Å². The second-order valence-corrected chi connectivity index (χ2v) is 4.93. The van der Waals surface area contributed by atoms with E-state index in [0.29, 0.717) is 11.4 Å². The van der Waals surface area contributed by atoms with Crippen molar-refractivity contribution in [1.29, 1.82) is 5.26 Å². The van der Waals surface area contributed by atoms with Crippen molar-refractivity contribution in [3.63, 3.8) is 0 Å². The Bertz CT molecular complexity index is 900. The highest BCUT2D eigenvalue weighted by Gasteiger charge is 2.13. The van der Waals surface area contributed by atoms with Crippen LogP contribution < -0.4 is 0 Å². The summed E-state index contributed by atoms with van der Waals surface area (Å²) in [5.41, 5.74) is 3.13. The molecule has 3 aromatic rings. The molecule has 2 aromatic carbocycles. The molecule has 0 atom stereocenters. The highest BCUT2D eigenvalue weighted by atomic mass is 16.3. The summed E-state index contributed by atoms with van der Waals surface area (Å²) in [7, 11) is 0. The molecule has 0 unspecified atom stereocenters. The Morgan fingerprint density at radius 3 is 2.82 bits per heavy atom. The monoisotopic (exact) mass is 289 g/mol. The molecule has 1 heterocycles. The SMILES string of the molecule is CCn1c(/C(C#N)=C/c2cccc(O)c2)nc2ccccc21. The van der Waals surface area contributed by atoms with Crippen molar-refractivity contribution in [2.75, 3.05) is 0 Å². The number of rotatable bonds is 3. The zero-order valence-corrected chi connectivity index (χ0v) is 12.2. The predicted octanol–water partition coefficient (Wildman–Crippen LogP) is 3.83. The van der Waals surface area contributed by atoms with E-state index in [2.05, 4.69) is 11.1 Å². The van der Waals surface area contributed by atoms with E-state index < -0.39 is 0 Å². The summed E-state index contributed by atoms with van der Waals surface area (Å²) in [6.45, 7) is 2.76. The fourth-order valence-electron chi connectivity index (χ4n) is 2.53. The number of imidazole rings is 1. The van der Waals surface area contributed by atoms with Crippen molar-refractivity contribution in [3.8, 4) is 11.8 Å². The Kier molecular flexibility index (Phi) is 3.63. The van der Waals surface area contributed by atoms with Gasteiger partial charge in [0.05, 0.1) is 16.6 Å². The van der Waals surface area contributed by atoms with Crippen molar-refractivity contribution < 1.29 is 5.11 Å². The maximum atomic E-state index is 9.55. The summed E-state index contributed by atoms with van der Waals surface area (Å²) in [6, 6.07) is 16.9. The average molecular weight is 289 g/mol. The smallest absolute Gasteiger partial charge is 0.151 e. The molecule has 4 nitrogen and oxygen atoms in total. The maximum Gasteiger partial charge on any atom is 0.151 e. The van der Waals surface area contributed by atoms with E-state index >= 15 is 0 Å². The predicted molar refractivity (Wildman–Crippen MR) is 87.0 cm³/mol. The van der Waals surface area contributed by atoms with Gasteiger partial charge in [-0.05, 0) is 42.8 Å². The first-order chi connectivity index (χ1) is 10.7. The van der Waals surface area contributed by atoms with Crippen LogP contribution in [0.4, 0.5) is 0 Å². The molecule has 0 amide bonds. The van der Waals surface area contributed by atoms with E-state index in [-0.39, 0.29) is 5.75 Å². The number of fused-ring (bicyclic) bond motifs is 1. The maximum absolute atomic E-state index is 9.55. The molecule has 3 rings (SSSR count). The van der Waals surface area contributed by atoms with Crippen LogP contribution in [-0.4, -0.2) is 14.7 Å². The largest absolute Gasteiger partial charge is 0.508 e. The van der Waals surface area contributed by atoms with Crippen LogP contribution in [0, 0.1) is 11.3 Å². The molecule has 0 saturated carbocycles. The van der Waals surface area contributed by atoms with Gasteiger partial charge in [-0.3, -0.25) is 0 Å². The van der Waals surface area contributed by atoms with E-state index in [1.807, 2.05) is 41.8 Å². The number of aryl methyl sites for hydroxylation is 1. The van der Waals surface area contributed by atoms with Gasteiger partial charge in [0.1, 0.15) is 11.8 Å². The number of phenols is 1. The van der Waals surface area contributed by atoms with Crippen LogP contribution >= 0.6 is 0 Å². The molecule has 0 fully saturated rings. The molecule has 1 aromatic heterocycles. The molecule has 0 bridgehead atoms. The lowest BCUT2D eigenvalue weighted by molar-refractivity contribution is 0.475. The van der Waals surface area contributed by atoms with Gasteiger partial charge >= 0.3 is 0 Å².